The van der Waals surface area contributed by atoms with Crippen molar-refractivity contribution >= 4 is 5.97 Å². The van der Waals surface area contributed by atoms with Crippen molar-refractivity contribution in [3.05, 3.63) is 23.0 Å². The van der Waals surface area contributed by atoms with Gasteiger partial charge in [-0.15, -0.1) is 15.3 Å². The first kappa shape index (κ1) is 13.1. The number of aromatic nitrogens is 6. The smallest absolute Gasteiger partial charge is 0.358 e. The van der Waals surface area contributed by atoms with Crippen molar-refractivity contribution in [3.8, 4) is 0 Å². The number of hydrogen-bond donors (Lipinski definition) is 1. The quantitative estimate of drug-likeness (QED) is 0.784. The summed E-state index contributed by atoms with van der Waals surface area (Å²) in [5.41, 5.74) is 0.288. The van der Waals surface area contributed by atoms with Crippen LogP contribution >= 0.6 is 0 Å². The summed E-state index contributed by atoms with van der Waals surface area (Å²) in [6, 6.07) is 0. The van der Waals surface area contributed by atoms with Crippen LogP contribution in [0, 0.1) is 6.92 Å². The summed E-state index contributed by atoms with van der Waals surface area (Å²) in [5, 5.41) is 24.4. The van der Waals surface area contributed by atoms with Gasteiger partial charge in [-0.1, -0.05) is 5.21 Å². The molecule has 102 valence electrons. The zero-order valence-electron chi connectivity index (χ0n) is 10.9. The molecule has 0 fully saturated rings. The maximum absolute atomic E-state index is 11.0. The summed E-state index contributed by atoms with van der Waals surface area (Å²) in [5.74, 6) is 0.297. The minimum absolute atomic E-state index is 0.110. The third-order valence-corrected chi connectivity index (χ3v) is 2.80. The number of methoxy groups -OCH3 is 1. The standard InChI is InChI=1S/C10H14N6O3/c1-6-11-12-8(15(6)2)4-16-7(5-19-3)9(10(17)18)13-14-16/h4-5H2,1-3H3,(H,17,18). The average molecular weight is 266 g/mol. The molecule has 0 amide bonds. The van der Waals surface area contributed by atoms with Crippen molar-refractivity contribution < 1.29 is 14.6 Å². The fourth-order valence-corrected chi connectivity index (χ4v) is 1.63. The number of ether oxygens (including phenoxy) is 1. The highest BCUT2D eigenvalue weighted by Crippen LogP contribution is 2.09. The Morgan fingerprint density at radius 1 is 1.37 bits per heavy atom. The Hall–Kier alpha value is -2.29. The molecule has 0 bridgehead atoms. The van der Waals surface area contributed by atoms with Crippen LogP contribution < -0.4 is 0 Å². The second-order valence-corrected chi connectivity index (χ2v) is 4.00. The number of aryl methyl sites for hydroxylation is 1. The van der Waals surface area contributed by atoms with E-state index in [1.165, 1.54) is 11.8 Å². The van der Waals surface area contributed by atoms with E-state index in [2.05, 4.69) is 20.5 Å². The van der Waals surface area contributed by atoms with Crippen LogP contribution in [0.2, 0.25) is 0 Å². The summed E-state index contributed by atoms with van der Waals surface area (Å²) in [7, 11) is 3.31. The SMILES string of the molecule is COCc1c(C(=O)O)nnn1Cc1nnc(C)n1C. The minimum atomic E-state index is -1.13. The fourth-order valence-electron chi connectivity index (χ4n) is 1.63. The Labute approximate surface area is 108 Å². The van der Waals surface area contributed by atoms with Crippen LogP contribution in [0.15, 0.2) is 0 Å². The van der Waals surface area contributed by atoms with Crippen molar-refractivity contribution in [1.29, 1.82) is 0 Å². The topological polar surface area (TPSA) is 108 Å². The van der Waals surface area contributed by atoms with Gasteiger partial charge in [0, 0.05) is 14.2 Å². The van der Waals surface area contributed by atoms with Gasteiger partial charge in [-0.05, 0) is 6.92 Å². The second kappa shape index (κ2) is 5.14. The van der Waals surface area contributed by atoms with Crippen LogP contribution in [0.1, 0.15) is 27.8 Å². The highest BCUT2D eigenvalue weighted by Gasteiger charge is 2.20. The van der Waals surface area contributed by atoms with Crippen LogP contribution in [0.4, 0.5) is 0 Å². The molecule has 0 spiro atoms. The molecule has 19 heavy (non-hydrogen) atoms. The molecule has 0 unspecified atom stereocenters. The summed E-state index contributed by atoms with van der Waals surface area (Å²) in [6.07, 6.45) is 0. The number of aromatic carboxylic acids is 1. The molecule has 2 aromatic rings. The van der Waals surface area contributed by atoms with Gasteiger partial charge in [0.05, 0.1) is 12.3 Å². The molecule has 0 atom stereocenters. The van der Waals surface area contributed by atoms with Crippen LogP contribution in [0.25, 0.3) is 0 Å². The lowest BCUT2D eigenvalue weighted by atomic mass is 10.3. The largest absolute Gasteiger partial charge is 0.476 e. The van der Waals surface area contributed by atoms with Crippen LogP contribution in [-0.2, 0) is 24.9 Å². The van der Waals surface area contributed by atoms with E-state index in [0.717, 1.165) is 5.82 Å². The van der Waals surface area contributed by atoms with Crippen molar-refractivity contribution in [3.63, 3.8) is 0 Å². The van der Waals surface area contributed by atoms with Gasteiger partial charge in [-0.25, -0.2) is 9.48 Å². The fraction of sp³-hybridized carbons (Fsp3) is 0.500. The van der Waals surface area contributed by atoms with Gasteiger partial charge in [-0.2, -0.15) is 0 Å². The third-order valence-electron chi connectivity index (χ3n) is 2.80. The highest BCUT2D eigenvalue weighted by molar-refractivity contribution is 5.86. The predicted molar refractivity (Wildman–Crippen MR) is 62.5 cm³/mol. The first-order valence-corrected chi connectivity index (χ1v) is 5.54. The first-order valence-electron chi connectivity index (χ1n) is 5.54. The Kier molecular flexibility index (Phi) is 3.56. The van der Waals surface area contributed by atoms with E-state index < -0.39 is 5.97 Å². The predicted octanol–water partition coefficient (Wildman–Crippen LogP) is -0.392. The molecule has 0 aromatic carbocycles. The normalized spacial score (nSPS) is 10.9. The van der Waals surface area contributed by atoms with Gasteiger partial charge in [0.25, 0.3) is 0 Å². The molecule has 0 radical (unpaired) electrons. The van der Waals surface area contributed by atoms with Crippen molar-refractivity contribution in [1.82, 2.24) is 29.8 Å². The maximum Gasteiger partial charge on any atom is 0.358 e. The summed E-state index contributed by atoms with van der Waals surface area (Å²) < 4.78 is 8.24. The van der Waals surface area contributed by atoms with E-state index in [9.17, 15) is 4.79 Å². The number of hydrogen-bond acceptors (Lipinski definition) is 6. The van der Waals surface area contributed by atoms with E-state index >= 15 is 0 Å². The van der Waals surface area contributed by atoms with E-state index in [0.29, 0.717) is 11.5 Å². The lowest BCUT2D eigenvalue weighted by molar-refractivity contribution is 0.0684. The van der Waals surface area contributed by atoms with Crippen LogP contribution in [-0.4, -0.2) is 47.9 Å². The Bertz CT molecular complexity index is 602. The lowest BCUT2D eigenvalue weighted by Gasteiger charge is -2.06. The zero-order chi connectivity index (χ0) is 14.0. The van der Waals surface area contributed by atoms with Gasteiger partial charge in [0.1, 0.15) is 12.4 Å². The molecule has 2 aromatic heterocycles. The number of carboxylic acid groups (broad SMARTS) is 1. The molecule has 0 aliphatic carbocycles. The number of carbonyl (C=O) groups is 1. The Morgan fingerprint density at radius 2 is 2.11 bits per heavy atom. The zero-order valence-corrected chi connectivity index (χ0v) is 10.9. The van der Waals surface area contributed by atoms with Gasteiger partial charge < -0.3 is 14.4 Å². The molecule has 0 aliphatic rings. The van der Waals surface area contributed by atoms with Gasteiger partial charge in [0.15, 0.2) is 11.5 Å². The van der Waals surface area contributed by atoms with Crippen molar-refractivity contribution in [2.45, 2.75) is 20.1 Å². The molecule has 9 nitrogen and oxygen atoms in total. The second-order valence-electron chi connectivity index (χ2n) is 4.00. The van der Waals surface area contributed by atoms with Crippen molar-refractivity contribution in [2.24, 2.45) is 7.05 Å². The summed E-state index contributed by atoms with van der Waals surface area (Å²) in [4.78, 5) is 11.0. The number of nitrogens with zero attached hydrogens (tertiary/aromatic N) is 6. The molecule has 0 saturated heterocycles. The molecular weight excluding hydrogens is 252 g/mol. The third kappa shape index (κ3) is 2.45. The monoisotopic (exact) mass is 266 g/mol. The molecule has 1 N–H and O–H groups in total. The number of rotatable bonds is 5. The van der Waals surface area contributed by atoms with Gasteiger partial charge in [-0.3, -0.25) is 0 Å². The maximum atomic E-state index is 11.0. The molecule has 0 saturated carbocycles. The van der Waals surface area contributed by atoms with Crippen LogP contribution in [0.5, 0.6) is 0 Å². The van der Waals surface area contributed by atoms with Crippen LogP contribution in [0.3, 0.4) is 0 Å². The molecule has 9 heteroatoms. The lowest BCUT2D eigenvalue weighted by Crippen LogP contribution is -2.13. The highest BCUT2D eigenvalue weighted by atomic mass is 16.5. The average Bonchev–Trinajstić information content (AvgIpc) is 2.89. The van der Waals surface area contributed by atoms with E-state index in [-0.39, 0.29) is 18.8 Å². The first-order chi connectivity index (χ1) is 9.04. The number of carboxylic acids is 1. The minimum Gasteiger partial charge on any atom is -0.476 e. The Balaban J connectivity index is 2.34. The Morgan fingerprint density at radius 3 is 2.63 bits per heavy atom. The van der Waals surface area contributed by atoms with Crippen molar-refractivity contribution in [2.75, 3.05) is 7.11 Å². The molecular formula is C10H14N6O3. The molecule has 0 aliphatic heterocycles. The summed E-state index contributed by atoms with van der Waals surface area (Å²) >= 11 is 0. The van der Waals surface area contributed by atoms with Gasteiger partial charge in [0.2, 0.25) is 0 Å². The molecule has 2 rings (SSSR count). The van der Waals surface area contributed by atoms with E-state index in [4.69, 9.17) is 9.84 Å². The van der Waals surface area contributed by atoms with Gasteiger partial charge >= 0.3 is 5.97 Å². The summed E-state index contributed by atoms with van der Waals surface area (Å²) in [6.45, 7) is 2.23. The van der Waals surface area contributed by atoms with E-state index in [1.807, 2.05) is 14.0 Å². The molecule has 2 heterocycles. The van der Waals surface area contributed by atoms with E-state index in [1.54, 1.807) is 4.57 Å².